The molecule has 42 heavy (non-hydrogen) atoms. The van der Waals surface area contributed by atoms with Crippen LogP contribution < -0.4 is 20.8 Å². The van der Waals surface area contributed by atoms with Crippen molar-refractivity contribution in [2.75, 3.05) is 13.7 Å². The summed E-state index contributed by atoms with van der Waals surface area (Å²) < 4.78 is 1.61. The monoisotopic (exact) mass is 581 g/mol. The Kier molecular flexibility index (Phi) is 10.6. The number of aldehydes is 1. The molecule has 0 saturated carbocycles. The topological polar surface area (TPSA) is 139 Å². The van der Waals surface area contributed by atoms with Crippen LogP contribution in [0.15, 0.2) is 30.5 Å². The maximum Gasteiger partial charge on any atom is 0.246 e. The molecule has 3 N–H and O–H groups in total. The van der Waals surface area contributed by atoms with E-state index in [1.54, 1.807) is 22.9 Å². The number of para-hydroxylation sites is 1. The summed E-state index contributed by atoms with van der Waals surface area (Å²) in [7, 11) is 1.55. The lowest BCUT2D eigenvalue weighted by Crippen LogP contribution is -2.64. The molecular weight excluding hydrogens is 538 g/mol. The van der Waals surface area contributed by atoms with Gasteiger partial charge in [-0.2, -0.15) is 4.73 Å². The van der Waals surface area contributed by atoms with E-state index in [9.17, 15) is 24.0 Å². The number of amides is 4. The van der Waals surface area contributed by atoms with E-state index in [0.717, 1.165) is 35.6 Å². The predicted octanol–water partition coefficient (Wildman–Crippen LogP) is 1.90. The van der Waals surface area contributed by atoms with E-state index in [1.165, 1.54) is 0 Å². The van der Waals surface area contributed by atoms with Gasteiger partial charge < -0.3 is 30.5 Å². The van der Waals surface area contributed by atoms with Gasteiger partial charge in [-0.15, -0.1) is 0 Å². The number of carbonyl (C=O) groups is 5. The highest BCUT2D eigenvalue weighted by atomic mass is 16.6. The van der Waals surface area contributed by atoms with E-state index in [1.807, 2.05) is 38.1 Å². The number of unbranched alkanes of at least 4 members (excludes halogenated alkanes) is 2. The summed E-state index contributed by atoms with van der Waals surface area (Å²) in [5.41, 5.74) is 1.60. The zero-order valence-corrected chi connectivity index (χ0v) is 24.8. The molecule has 2 aromatic rings. The molecule has 1 unspecified atom stereocenters. The van der Waals surface area contributed by atoms with Crippen LogP contribution >= 0.6 is 0 Å². The molecule has 0 aliphatic carbocycles. The number of nitrogens with one attached hydrogen (secondary N) is 3. The Morgan fingerprint density at radius 1 is 1.00 bits per heavy atom. The van der Waals surface area contributed by atoms with E-state index < -0.39 is 36.0 Å². The average Bonchev–Trinajstić information content (AvgIpc) is 3.36. The third kappa shape index (κ3) is 6.94. The van der Waals surface area contributed by atoms with Crippen LogP contribution in [0.2, 0.25) is 0 Å². The van der Waals surface area contributed by atoms with Gasteiger partial charge >= 0.3 is 0 Å². The van der Waals surface area contributed by atoms with E-state index >= 15 is 0 Å². The van der Waals surface area contributed by atoms with Crippen molar-refractivity contribution in [3.63, 3.8) is 0 Å². The molecule has 0 spiro atoms. The minimum Gasteiger partial charge on any atom is -0.417 e. The van der Waals surface area contributed by atoms with Crippen LogP contribution in [-0.2, 0) is 30.4 Å². The Balaban J connectivity index is 1.71. The molecule has 11 heteroatoms. The van der Waals surface area contributed by atoms with E-state index in [-0.39, 0.29) is 24.2 Å². The summed E-state index contributed by atoms with van der Waals surface area (Å²) in [5.74, 6) is -1.77. The van der Waals surface area contributed by atoms with Gasteiger partial charge in [-0.1, -0.05) is 44.9 Å². The summed E-state index contributed by atoms with van der Waals surface area (Å²) in [6.07, 6.45) is 7.23. The molecular formula is C31H43N5O6. The highest BCUT2D eigenvalue weighted by Gasteiger charge is 2.40. The predicted molar refractivity (Wildman–Crippen MR) is 157 cm³/mol. The zero-order valence-electron chi connectivity index (χ0n) is 24.8. The number of benzene rings is 1. The fraction of sp³-hybridized carbons (Fsp3) is 0.581. The number of rotatable bonds is 10. The quantitative estimate of drug-likeness (QED) is 0.289. The Labute approximate surface area is 246 Å². The molecule has 1 aromatic carbocycles. The van der Waals surface area contributed by atoms with Gasteiger partial charge in [0.25, 0.3) is 0 Å². The standard InChI is InChI=1S/C31H43N5O6/c1-4-20(2)27-31(41)35-16-10-9-15-26(35)30(40)32-23(13-6-5-11-17-37)28(38)33-24(29(39)34-27)18-21-19-36(42-3)25-14-8-7-12-22(21)25/h7-8,12,14,17,19-20,23-24,26-27H,4-6,9-11,13,15-16,18H2,1-3H3,(H,32,40)(H,33,38)(H,34,39)/t20?,23-,24-,26-,27-/m1/s1. The molecule has 2 fully saturated rings. The van der Waals surface area contributed by atoms with Gasteiger partial charge in [0.1, 0.15) is 37.6 Å². The molecule has 2 saturated heterocycles. The van der Waals surface area contributed by atoms with Crippen LogP contribution in [0.5, 0.6) is 0 Å². The molecule has 1 aromatic heterocycles. The first-order valence-corrected chi connectivity index (χ1v) is 15.1. The summed E-state index contributed by atoms with van der Waals surface area (Å²) in [6.45, 7) is 4.27. The fourth-order valence-corrected chi connectivity index (χ4v) is 5.93. The third-order valence-electron chi connectivity index (χ3n) is 8.58. The number of hydrogen-bond acceptors (Lipinski definition) is 6. The molecule has 3 heterocycles. The smallest absolute Gasteiger partial charge is 0.246 e. The van der Waals surface area contributed by atoms with Gasteiger partial charge in [0.2, 0.25) is 23.6 Å². The average molecular weight is 582 g/mol. The van der Waals surface area contributed by atoms with Crippen LogP contribution in [0.1, 0.15) is 70.8 Å². The fourth-order valence-electron chi connectivity index (χ4n) is 5.93. The van der Waals surface area contributed by atoms with Crippen molar-refractivity contribution in [3.8, 4) is 0 Å². The number of carbonyl (C=O) groups excluding carboxylic acids is 5. The van der Waals surface area contributed by atoms with E-state index in [0.29, 0.717) is 45.1 Å². The van der Waals surface area contributed by atoms with Crippen molar-refractivity contribution < 1.29 is 28.8 Å². The first-order chi connectivity index (χ1) is 20.3. The zero-order chi connectivity index (χ0) is 30.2. The van der Waals surface area contributed by atoms with Crippen molar-refractivity contribution in [3.05, 3.63) is 36.0 Å². The molecule has 4 amide bonds. The van der Waals surface area contributed by atoms with Gasteiger partial charge in [0.05, 0.1) is 5.52 Å². The van der Waals surface area contributed by atoms with Crippen molar-refractivity contribution in [1.29, 1.82) is 0 Å². The van der Waals surface area contributed by atoms with Crippen LogP contribution in [0.4, 0.5) is 0 Å². The first-order valence-electron chi connectivity index (χ1n) is 15.1. The normalized spacial score (nSPS) is 24.5. The van der Waals surface area contributed by atoms with Gasteiger partial charge in [-0.3, -0.25) is 19.2 Å². The molecule has 0 radical (unpaired) electrons. The molecule has 228 valence electrons. The minimum atomic E-state index is -1.01. The van der Waals surface area contributed by atoms with Crippen molar-refractivity contribution >= 4 is 40.8 Å². The van der Waals surface area contributed by atoms with Crippen molar-refractivity contribution in [2.45, 2.75) is 95.8 Å². The third-order valence-corrected chi connectivity index (χ3v) is 8.58. The van der Waals surface area contributed by atoms with Crippen molar-refractivity contribution in [1.82, 2.24) is 25.6 Å². The number of fused-ring (bicyclic) bond motifs is 2. The van der Waals surface area contributed by atoms with E-state index in [4.69, 9.17) is 4.84 Å². The Hall–Kier alpha value is -3.89. The maximum atomic E-state index is 13.9. The largest absolute Gasteiger partial charge is 0.417 e. The second-order valence-electron chi connectivity index (χ2n) is 11.4. The number of aromatic nitrogens is 1. The van der Waals surface area contributed by atoms with Crippen LogP contribution in [0, 0.1) is 5.92 Å². The SMILES string of the molecule is CCC(C)[C@H]1NC(=O)[C@@H](Cc2cn(OC)c3ccccc23)NC(=O)[C@@H](CCCCC=O)NC(=O)[C@H]2CCCCN2C1=O. The molecule has 0 bridgehead atoms. The van der Waals surface area contributed by atoms with E-state index in [2.05, 4.69) is 16.0 Å². The second-order valence-corrected chi connectivity index (χ2v) is 11.4. The molecule has 11 nitrogen and oxygen atoms in total. The molecule has 4 rings (SSSR count). The Bertz CT molecular complexity index is 1290. The second kappa shape index (κ2) is 14.3. The molecule has 2 aliphatic heterocycles. The van der Waals surface area contributed by atoms with Gasteiger partial charge in [-0.25, -0.2) is 0 Å². The molecule has 2 aliphatic rings. The lowest BCUT2D eigenvalue weighted by Gasteiger charge is -2.39. The summed E-state index contributed by atoms with van der Waals surface area (Å²) in [6, 6.07) is 4.13. The maximum absolute atomic E-state index is 13.9. The highest BCUT2D eigenvalue weighted by Crippen LogP contribution is 2.24. The first kappa shape index (κ1) is 31.1. The minimum absolute atomic E-state index is 0.147. The summed E-state index contributed by atoms with van der Waals surface area (Å²) in [4.78, 5) is 73.1. The summed E-state index contributed by atoms with van der Waals surface area (Å²) in [5, 5.41) is 9.62. The Morgan fingerprint density at radius 2 is 1.74 bits per heavy atom. The molecule has 5 atom stereocenters. The Morgan fingerprint density at radius 3 is 2.48 bits per heavy atom. The summed E-state index contributed by atoms with van der Waals surface area (Å²) >= 11 is 0. The van der Waals surface area contributed by atoms with Gasteiger partial charge in [0.15, 0.2) is 0 Å². The number of nitrogens with zero attached hydrogens (tertiary/aromatic N) is 2. The lowest BCUT2D eigenvalue weighted by molar-refractivity contribution is -0.147. The van der Waals surface area contributed by atoms with Crippen molar-refractivity contribution in [2.24, 2.45) is 5.92 Å². The van der Waals surface area contributed by atoms with Crippen LogP contribution in [-0.4, -0.2) is 77.4 Å². The number of piperidine rings is 1. The van der Waals surface area contributed by atoms with Gasteiger partial charge in [0, 0.05) is 31.0 Å². The van der Waals surface area contributed by atoms with Crippen LogP contribution in [0.3, 0.4) is 0 Å². The van der Waals surface area contributed by atoms with Crippen LogP contribution in [0.25, 0.3) is 10.9 Å². The lowest BCUT2D eigenvalue weighted by atomic mass is 9.93. The van der Waals surface area contributed by atoms with Gasteiger partial charge in [-0.05, 0) is 49.7 Å². The highest BCUT2D eigenvalue weighted by molar-refractivity contribution is 5.98. The number of hydrogen-bond donors (Lipinski definition) is 3.